The van der Waals surface area contributed by atoms with Gasteiger partial charge in [-0.25, -0.2) is 0 Å². The van der Waals surface area contributed by atoms with E-state index in [0.717, 1.165) is 23.7 Å². The fraction of sp³-hybridized carbons (Fsp3) is 0.917. The highest BCUT2D eigenvalue weighted by Crippen LogP contribution is 2.53. The molecule has 4 aliphatic rings. The van der Waals surface area contributed by atoms with Crippen molar-refractivity contribution in [2.75, 3.05) is 6.54 Å². The SMILES string of the molecule is Cl.O=C(O)CNC1C2CC3CC(C2)CC1C3. The third kappa shape index (κ3) is 2.07. The lowest BCUT2D eigenvalue weighted by atomic mass is 9.54. The van der Waals surface area contributed by atoms with Gasteiger partial charge in [0.2, 0.25) is 0 Å². The molecule has 0 unspecified atom stereocenters. The van der Waals surface area contributed by atoms with E-state index in [9.17, 15) is 4.79 Å². The number of nitrogens with one attached hydrogen (secondary N) is 1. The van der Waals surface area contributed by atoms with Gasteiger partial charge in [-0.3, -0.25) is 4.79 Å². The third-order valence-corrected chi connectivity index (χ3v) is 4.72. The Bertz CT molecular complexity index is 254. The van der Waals surface area contributed by atoms with Gasteiger partial charge in [-0.15, -0.1) is 12.4 Å². The lowest BCUT2D eigenvalue weighted by molar-refractivity contribution is -0.136. The third-order valence-electron chi connectivity index (χ3n) is 4.72. The van der Waals surface area contributed by atoms with E-state index in [4.69, 9.17) is 5.11 Å². The molecule has 4 heteroatoms. The maximum absolute atomic E-state index is 10.6. The van der Waals surface area contributed by atoms with Gasteiger partial charge >= 0.3 is 5.97 Å². The van der Waals surface area contributed by atoms with Crippen LogP contribution in [0, 0.1) is 23.7 Å². The number of halogens is 1. The monoisotopic (exact) mass is 245 g/mol. The first kappa shape index (κ1) is 12.2. The number of aliphatic carboxylic acids is 1. The summed E-state index contributed by atoms with van der Waals surface area (Å²) in [5, 5.41) is 12.0. The maximum Gasteiger partial charge on any atom is 0.317 e. The van der Waals surface area contributed by atoms with Crippen molar-refractivity contribution in [2.45, 2.75) is 38.1 Å². The fourth-order valence-corrected chi connectivity index (χ4v) is 4.46. The molecule has 0 radical (unpaired) electrons. The van der Waals surface area contributed by atoms with Crippen LogP contribution >= 0.6 is 12.4 Å². The number of hydrogen-bond donors (Lipinski definition) is 2. The van der Waals surface area contributed by atoms with Crippen LogP contribution in [-0.2, 0) is 4.79 Å². The second kappa shape index (κ2) is 4.53. The zero-order valence-corrected chi connectivity index (χ0v) is 10.2. The summed E-state index contributed by atoms with van der Waals surface area (Å²) in [6.07, 6.45) is 6.86. The lowest BCUT2D eigenvalue weighted by Gasteiger charge is -2.54. The van der Waals surface area contributed by atoms with Crippen LogP contribution in [0.5, 0.6) is 0 Å². The van der Waals surface area contributed by atoms with E-state index in [0.29, 0.717) is 6.04 Å². The number of carboxylic acids is 1. The molecule has 0 atom stereocenters. The van der Waals surface area contributed by atoms with Gasteiger partial charge in [-0.05, 0) is 55.8 Å². The van der Waals surface area contributed by atoms with Gasteiger partial charge in [0.15, 0.2) is 0 Å². The van der Waals surface area contributed by atoms with E-state index in [-0.39, 0.29) is 19.0 Å². The quantitative estimate of drug-likeness (QED) is 0.799. The zero-order chi connectivity index (χ0) is 10.4. The molecule has 4 fully saturated rings. The molecule has 0 aromatic rings. The Morgan fingerprint density at radius 3 is 2.00 bits per heavy atom. The summed E-state index contributed by atoms with van der Waals surface area (Å²) < 4.78 is 0. The minimum atomic E-state index is -0.719. The summed E-state index contributed by atoms with van der Waals surface area (Å²) >= 11 is 0. The Morgan fingerprint density at radius 2 is 1.56 bits per heavy atom. The second-order valence-corrected chi connectivity index (χ2v) is 5.73. The first-order chi connectivity index (χ1) is 7.22. The van der Waals surface area contributed by atoms with Crippen LogP contribution in [0.1, 0.15) is 32.1 Å². The Hall–Kier alpha value is -0.280. The Balaban J connectivity index is 0.000000963. The zero-order valence-electron chi connectivity index (χ0n) is 9.39. The van der Waals surface area contributed by atoms with Crippen LogP contribution in [0.15, 0.2) is 0 Å². The topological polar surface area (TPSA) is 49.3 Å². The van der Waals surface area contributed by atoms with Crippen molar-refractivity contribution in [1.29, 1.82) is 0 Å². The minimum absolute atomic E-state index is 0. The smallest absolute Gasteiger partial charge is 0.317 e. The van der Waals surface area contributed by atoms with Gasteiger partial charge < -0.3 is 10.4 Å². The van der Waals surface area contributed by atoms with Gasteiger partial charge in [0.25, 0.3) is 0 Å². The van der Waals surface area contributed by atoms with Crippen molar-refractivity contribution < 1.29 is 9.90 Å². The summed E-state index contributed by atoms with van der Waals surface area (Å²) in [6.45, 7) is 0.146. The molecular formula is C12H20ClNO2. The Labute approximate surface area is 102 Å². The Morgan fingerprint density at radius 1 is 1.06 bits per heavy atom. The molecule has 2 N–H and O–H groups in total. The van der Waals surface area contributed by atoms with Crippen molar-refractivity contribution >= 4 is 18.4 Å². The average Bonchev–Trinajstić information content (AvgIpc) is 2.14. The van der Waals surface area contributed by atoms with Crippen LogP contribution in [0.25, 0.3) is 0 Å². The van der Waals surface area contributed by atoms with E-state index in [1.807, 2.05) is 0 Å². The molecule has 16 heavy (non-hydrogen) atoms. The molecule has 0 aliphatic heterocycles. The summed E-state index contributed by atoms with van der Waals surface area (Å²) in [7, 11) is 0. The highest BCUT2D eigenvalue weighted by molar-refractivity contribution is 5.85. The van der Waals surface area contributed by atoms with Crippen molar-refractivity contribution in [3.63, 3.8) is 0 Å². The van der Waals surface area contributed by atoms with E-state index < -0.39 is 5.97 Å². The highest BCUT2D eigenvalue weighted by Gasteiger charge is 2.47. The average molecular weight is 246 g/mol. The van der Waals surface area contributed by atoms with Crippen LogP contribution in [0.4, 0.5) is 0 Å². The van der Waals surface area contributed by atoms with E-state index in [2.05, 4.69) is 5.32 Å². The molecule has 4 rings (SSSR count). The van der Waals surface area contributed by atoms with Crippen molar-refractivity contribution in [3.05, 3.63) is 0 Å². The highest BCUT2D eigenvalue weighted by atomic mass is 35.5. The first-order valence-corrected chi connectivity index (χ1v) is 6.17. The molecule has 4 aliphatic carbocycles. The molecule has 0 spiro atoms. The van der Waals surface area contributed by atoms with E-state index >= 15 is 0 Å². The number of carboxylic acid groups (broad SMARTS) is 1. The fourth-order valence-electron chi connectivity index (χ4n) is 4.46. The molecule has 4 saturated carbocycles. The molecule has 4 bridgehead atoms. The van der Waals surface area contributed by atoms with Crippen LogP contribution < -0.4 is 5.32 Å². The number of rotatable bonds is 3. The van der Waals surface area contributed by atoms with Crippen molar-refractivity contribution in [3.8, 4) is 0 Å². The summed E-state index contributed by atoms with van der Waals surface area (Å²) in [5.74, 6) is 2.77. The minimum Gasteiger partial charge on any atom is -0.480 e. The standard InChI is InChI=1S/C12H19NO2.ClH/c14-11(15)6-13-12-9-2-7-1-8(4-9)5-10(12)3-7;/h7-10,12-13H,1-6H2,(H,14,15);1H. The molecule has 0 aromatic heterocycles. The van der Waals surface area contributed by atoms with Crippen LogP contribution in [0.2, 0.25) is 0 Å². The molecule has 92 valence electrons. The summed E-state index contributed by atoms with van der Waals surface area (Å²) in [4.78, 5) is 10.6. The molecular weight excluding hydrogens is 226 g/mol. The van der Waals surface area contributed by atoms with E-state index in [1.54, 1.807) is 0 Å². The van der Waals surface area contributed by atoms with Gasteiger partial charge in [0.05, 0.1) is 6.54 Å². The largest absolute Gasteiger partial charge is 0.480 e. The molecule has 0 amide bonds. The predicted octanol–water partition coefficient (Wildman–Crippen LogP) is 1.91. The lowest BCUT2D eigenvalue weighted by Crippen LogP contribution is -2.55. The maximum atomic E-state index is 10.6. The molecule has 3 nitrogen and oxygen atoms in total. The van der Waals surface area contributed by atoms with Crippen LogP contribution in [-0.4, -0.2) is 23.7 Å². The number of carbonyl (C=O) groups is 1. The van der Waals surface area contributed by atoms with Crippen molar-refractivity contribution in [1.82, 2.24) is 5.32 Å². The molecule has 0 saturated heterocycles. The first-order valence-electron chi connectivity index (χ1n) is 6.17. The normalized spacial score (nSPS) is 44.1. The van der Waals surface area contributed by atoms with Gasteiger partial charge in [-0.2, -0.15) is 0 Å². The van der Waals surface area contributed by atoms with Crippen molar-refractivity contribution in [2.24, 2.45) is 23.7 Å². The second-order valence-electron chi connectivity index (χ2n) is 5.73. The number of hydrogen-bond acceptors (Lipinski definition) is 2. The molecule has 0 heterocycles. The van der Waals surface area contributed by atoms with E-state index in [1.165, 1.54) is 32.1 Å². The van der Waals surface area contributed by atoms with Gasteiger partial charge in [0, 0.05) is 6.04 Å². The van der Waals surface area contributed by atoms with Crippen LogP contribution in [0.3, 0.4) is 0 Å². The summed E-state index contributed by atoms with van der Waals surface area (Å²) in [6, 6.07) is 0.508. The van der Waals surface area contributed by atoms with Gasteiger partial charge in [-0.1, -0.05) is 0 Å². The van der Waals surface area contributed by atoms with Gasteiger partial charge in [0.1, 0.15) is 0 Å². The Kier molecular flexibility index (Phi) is 3.45. The predicted molar refractivity (Wildman–Crippen MR) is 63.7 cm³/mol. The summed E-state index contributed by atoms with van der Waals surface area (Å²) in [5.41, 5.74) is 0. The molecule has 0 aromatic carbocycles.